The highest BCUT2D eigenvalue weighted by molar-refractivity contribution is 9.10. The average molecular weight is 367 g/mol. The van der Waals surface area contributed by atoms with Crippen LogP contribution in [0.3, 0.4) is 0 Å². The molecule has 1 atom stereocenters. The highest BCUT2D eigenvalue weighted by atomic mass is 79.9. The van der Waals surface area contributed by atoms with Crippen molar-refractivity contribution >= 4 is 32.7 Å². The molecule has 0 N–H and O–H groups in total. The number of ether oxygens (including phenoxy) is 1. The molecular weight excluding hydrogens is 352 g/mol. The Hall–Kier alpha value is -2.13. The molecule has 0 amide bonds. The van der Waals surface area contributed by atoms with E-state index in [1.54, 1.807) is 0 Å². The number of fused-ring (bicyclic) bond motifs is 3. The molecular formula is C20H15BrO2. The fourth-order valence-electron chi connectivity index (χ4n) is 3.27. The third-order valence-corrected chi connectivity index (χ3v) is 4.90. The summed E-state index contributed by atoms with van der Waals surface area (Å²) >= 11 is 3.52. The van der Waals surface area contributed by atoms with Crippen molar-refractivity contribution in [2.24, 2.45) is 0 Å². The molecule has 1 unspecified atom stereocenters. The third kappa shape index (κ3) is 2.55. The van der Waals surface area contributed by atoms with Gasteiger partial charge in [-0.25, -0.2) is 0 Å². The normalized spacial score (nSPS) is 17.0. The molecule has 0 saturated carbocycles. The van der Waals surface area contributed by atoms with E-state index in [9.17, 15) is 4.79 Å². The van der Waals surface area contributed by atoms with Crippen molar-refractivity contribution in [2.75, 3.05) is 0 Å². The maximum atomic E-state index is 12.0. The second-order valence-electron chi connectivity index (χ2n) is 5.98. The molecule has 0 aliphatic carbocycles. The lowest BCUT2D eigenvalue weighted by atomic mass is 9.83. The first-order valence-electron chi connectivity index (χ1n) is 7.61. The Bertz CT molecular complexity index is 913. The molecule has 2 nitrogen and oxygen atoms in total. The van der Waals surface area contributed by atoms with Gasteiger partial charge in [-0.3, -0.25) is 4.79 Å². The highest BCUT2D eigenvalue weighted by Gasteiger charge is 2.30. The number of rotatable bonds is 1. The van der Waals surface area contributed by atoms with E-state index in [0.717, 1.165) is 26.4 Å². The number of hydrogen-bond donors (Lipinski definition) is 0. The molecule has 0 saturated heterocycles. The molecule has 0 radical (unpaired) electrons. The molecule has 3 aromatic rings. The topological polar surface area (TPSA) is 26.3 Å². The maximum absolute atomic E-state index is 12.0. The molecule has 1 heterocycles. The Balaban J connectivity index is 1.96. The molecule has 0 bridgehead atoms. The van der Waals surface area contributed by atoms with Gasteiger partial charge in [-0.1, -0.05) is 57.9 Å². The average Bonchev–Trinajstić information content (AvgIpc) is 2.54. The van der Waals surface area contributed by atoms with Gasteiger partial charge in [0.2, 0.25) is 0 Å². The largest absolute Gasteiger partial charge is 0.426 e. The van der Waals surface area contributed by atoms with E-state index in [2.05, 4.69) is 59.3 Å². The van der Waals surface area contributed by atoms with Crippen molar-refractivity contribution in [1.29, 1.82) is 0 Å². The van der Waals surface area contributed by atoms with Crippen molar-refractivity contribution < 1.29 is 9.53 Å². The fraction of sp³-hybridized carbons (Fsp3) is 0.150. The molecule has 0 fully saturated rings. The Morgan fingerprint density at radius 3 is 2.61 bits per heavy atom. The predicted molar refractivity (Wildman–Crippen MR) is 94.9 cm³/mol. The van der Waals surface area contributed by atoms with Gasteiger partial charge in [-0.15, -0.1) is 0 Å². The minimum absolute atomic E-state index is 0.0386. The minimum Gasteiger partial charge on any atom is -0.426 e. The molecule has 1 aliphatic heterocycles. The summed E-state index contributed by atoms with van der Waals surface area (Å²) in [5.41, 5.74) is 3.48. The Morgan fingerprint density at radius 2 is 1.83 bits per heavy atom. The molecule has 0 aromatic heterocycles. The van der Waals surface area contributed by atoms with Gasteiger partial charge in [0.1, 0.15) is 5.75 Å². The van der Waals surface area contributed by atoms with Crippen LogP contribution in [0.25, 0.3) is 10.8 Å². The zero-order valence-corrected chi connectivity index (χ0v) is 14.3. The highest BCUT2D eigenvalue weighted by Crippen LogP contribution is 2.43. The summed E-state index contributed by atoms with van der Waals surface area (Å²) in [6.07, 6.45) is 0.380. The minimum atomic E-state index is -0.167. The van der Waals surface area contributed by atoms with Crippen molar-refractivity contribution in [1.82, 2.24) is 0 Å². The molecule has 3 heteroatoms. The summed E-state index contributed by atoms with van der Waals surface area (Å²) in [5.74, 6) is 0.554. The van der Waals surface area contributed by atoms with E-state index in [1.165, 1.54) is 5.56 Å². The van der Waals surface area contributed by atoms with Crippen LogP contribution in [0.4, 0.5) is 0 Å². The van der Waals surface area contributed by atoms with Gasteiger partial charge in [0.25, 0.3) is 0 Å². The number of carbonyl (C=O) groups excluding carboxylic acids is 1. The van der Waals surface area contributed by atoms with Gasteiger partial charge in [0, 0.05) is 16.0 Å². The second-order valence-corrected chi connectivity index (χ2v) is 6.90. The monoisotopic (exact) mass is 366 g/mol. The smallest absolute Gasteiger partial charge is 0.312 e. The standard InChI is InChI=1S/C20H15BrO2/c1-12-2-4-13(5-3-12)17-11-19(22)23-18-9-6-14-10-15(21)7-8-16(14)20(17)18/h2-10,17H,11H2,1H3. The lowest BCUT2D eigenvalue weighted by Gasteiger charge is -2.26. The maximum Gasteiger partial charge on any atom is 0.312 e. The van der Waals surface area contributed by atoms with Crippen LogP contribution >= 0.6 is 15.9 Å². The summed E-state index contributed by atoms with van der Waals surface area (Å²) in [7, 11) is 0. The molecule has 0 spiro atoms. The van der Waals surface area contributed by atoms with Gasteiger partial charge in [0.05, 0.1) is 6.42 Å². The van der Waals surface area contributed by atoms with Crippen molar-refractivity contribution in [2.45, 2.75) is 19.3 Å². The molecule has 4 rings (SSSR count). The van der Waals surface area contributed by atoms with Crippen LogP contribution in [0.1, 0.15) is 29.0 Å². The molecule has 1 aliphatic rings. The number of benzene rings is 3. The Labute approximate surface area is 143 Å². The van der Waals surface area contributed by atoms with Crippen LogP contribution in [0.5, 0.6) is 5.75 Å². The summed E-state index contributed by atoms with van der Waals surface area (Å²) in [6, 6.07) is 18.5. The lowest BCUT2D eigenvalue weighted by Crippen LogP contribution is -2.21. The van der Waals surface area contributed by atoms with Crippen molar-refractivity contribution in [3.63, 3.8) is 0 Å². The quantitative estimate of drug-likeness (QED) is 0.428. The number of hydrogen-bond acceptors (Lipinski definition) is 2. The van der Waals surface area contributed by atoms with E-state index >= 15 is 0 Å². The van der Waals surface area contributed by atoms with Crippen LogP contribution in [0.2, 0.25) is 0 Å². The van der Waals surface area contributed by atoms with Crippen molar-refractivity contribution in [3.05, 3.63) is 75.8 Å². The third-order valence-electron chi connectivity index (χ3n) is 4.41. The van der Waals surface area contributed by atoms with E-state index < -0.39 is 0 Å². The van der Waals surface area contributed by atoms with Gasteiger partial charge < -0.3 is 4.74 Å². The number of halogens is 1. The van der Waals surface area contributed by atoms with E-state index in [-0.39, 0.29) is 11.9 Å². The summed E-state index contributed by atoms with van der Waals surface area (Å²) in [5, 5.41) is 2.29. The molecule has 3 aromatic carbocycles. The second kappa shape index (κ2) is 5.50. The Kier molecular flexibility index (Phi) is 3.46. The summed E-state index contributed by atoms with van der Waals surface area (Å²) in [4.78, 5) is 12.0. The van der Waals surface area contributed by atoms with Crippen LogP contribution in [0, 0.1) is 6.92 Å². The number of carbonyl (C=O) groups is 1. The Morgan fingerprint density at radius 1 is 1.04 bits per heavy atom. The predicted octanol–water partition coefficient (Wildman–Crippen LogP) is 5.35. The van der Waals surface area contributed by atoms with E-state index in [0.29, 0.717) is 12.2 Å². The van der Waals surface area contributed by atoms with E-state index in [4.69, 9.17) is 4.74 Å². The van der Waals surface area contributed by atoms with Gasteiger partial charge in [0.15, 0.2) is 0 Å². The summed E-state index contributed by atoms with van der Waals surface area (Å²) < 4.78 is 6.54. The van der Waals surface area contributed by atoms with Crippen LogP contribution in [0.15, 0.2) is 59.1 Å². The first-order chi connectivity index (χ1) is 11.1. The lowest BCUT2D eigenvalue weighted by molar-refractivity contribution is -0.135. The van der Waals surface area contributed by atoms with Gasteiger partial charge >= 0.3 is 5.97 Å². The number of esters is 1. The molecule has 23 heavy (non-hydrogen) atoms. The SMILES string of the molecule is Cc1ccc(C2CC(=O)Oc3ccc4cc(Br)ccc4c32)cc1. The first kappa shape index (κ1) is 14.5. The first-order valence-corrected chi connectivity index (χ1v) is 8.40. The van der Waals surface area contributed by atoms with E-state index in [1.807, 2.05) is 18.2 Å². The zero-order valence-electron chi connectivity index (χ0n) is 12.7. The molecule has 114 valence electrons. The van der Waals surface area contributed by atoms with Crippen LogP contribution < -0.4 is 4.74 Å². The fourth-order valence-corrected chi connectivity index (χ4v) is 3.65. The number of aryl methyl sites for hydroxylation is 1. The zero-order chi connectivity index (χ0) is 16.0. The van der Waals surface area contributed by atoms with Gasteiger partial charge in [-0.2, -0.15) is 0 Å². The van der Waals surface area contributed by atoms with Crippen LogP contribution in [-0.2, 0) is 4.79 Å². The summed E-state index contributed by atoms with van der Waals surface area (Å²) in [6.45, 7) is 2.07. The van der Waals surface area contributed by atoms with Crippen molar-refractivity contribution in [3.8, 4) is 5.75 Å². The van der Waals surface area contributed by atoms with Gasteiger partial charge in [-0.05, 0) is 41.5 Å². The van der Waals surface area contributed by atoms with Crippen LogP contribution in [-0.4, -0.2) is 5.97 Å².